The van der Waals surface area contributed by atoms with Gasteiger partial charge in [0.05, 0.1) is 7.11 Å². The smallest absolute Gasteiger partial charge is 0.125 e. The van der Waals surface area contributed by atoms with Gasteiger partial charge in [-0.15, -0.1) is 0 Å². The Morgan fingerprint density at radius 1 is 1.35 bits per heavy atom. The largest absolute Gasteiger partial charge is 0.497 e. The molecular formula is C17H25NO2. The van der Waals surface area contributed by atoms with Gasteiger partial charge in [0.25, 0.3) is 0 Å². The molecule has 1 aromatic rings. The molecule has 1 unspecified atom stereocenters. The van der Waals surface area contributed by atoms with Crippen LogP contribution in [0, 0.1) is 5.92 Å². The topological polar surface area (TPSA) is 30.5 Å². The van der Waals surface area contributed by atoms with Gasteiger partial charge in [0.15, 0.2) is 0 Å². The fraction of sp³-hybridized carbons (Fsp3) is 0.647. The lowest BCUT2D eigenvalue weighted by atomic mass is 9.67. The molecule has 0 saturated heterocycles. The molecule has 3 heteroatoms. The Balaban J connectivity index is 1.88. The Morgan fingerprint density at radius 2 is 2.15 bits per heavy atom. The minimum atomic E-state index is 0.0758. The van der Waals surface area contributed by atoms with Crippen LogP contribution in [-0.2, 0) is 0 Å². The third-order valence-electron chi connectivity index (χ3n) is 4.58. The van der Waals surface area contributed by atoms with Gasteiger partial charge < -0.3 is 14.8 Å². The zero-order valence-corrected chi connectivity index (χ0v) is 12.7. The molecule has 20 heavy (non-hydrogen) atoms. The van der Waals surface area contributed by atoms with Crippen LogP contribution in [0.4, 0.5) is 0 Å². The van der Waals surface area contributed by atoms with Crippen LogP contribution in [0.3, 0.4) is 0 Å². The van der Waals surface area contributed by atoms with Crippen LogP contribution >= 0.6 is 0 Å². The molecule has 1 fully saturated rings. The van der Waals surface area contributed by atoms with Crippen molar-refractivity contribution in [3.8, 4) is 11.5 Å². The lowest BCUT2D eigenvalue weighted by Crippen LogP contribution is -2.52. The first-order valence-electron chi connectivity index (χ1n) is 7.76. The van der Waals surface area contributed by atoms with Gasteiger partial charge in [0.2, 0.25) is 0 Å². The van der Waals surface area contributed by atoms with Crippen LogP contribution in [0.1, 0.15) is 51.1 Å². The average molecular weight is 275 g/mol. The van der Waals surface area contributed by atoms with Gasteiger partial charge >= 0.3 is 0 Å². The van der Waals surface area contributed by atoms with Gasteiger partial charge in [-0.25, -0.2) is 0 Å². The van der Waals surface area contributed by atoms with Gasteiger partial charge in [-0.05, 0) is 49.9 Å². The second-order valence-electron chi connectivity index (χ2n) is 6.41. The molecule has 2 aliphatic rings. The van der Waals surface area contributed by atoms with Gasteiger partial charge in [0, 0.05) is 18.0 Å². The Hall–Kier alpha value is -1.22. The number of hydrogen-bond acceptors (Lipinski definition) is 3. The van der Waals surface area contributed by atoms with Gasteiger partial charge in [-0.2, -0.15) is 0 Å². The Morgan fingerprint density at radius 3 is 2.80 bits per heavy atom. The normalized spacial score (nSPS) is 31.4. The van der Waals surface area contributed by atoms with Crippen LogP contribution in [0.5, 0.6) is 11.5 Å². The van der Waals surface area contributed by atoms with Crippen molar-refractivity contribution >= 4 is 0 Å². The van der Waals surface area contributed by atoms with Crippen LogP contribution < -0.4 is 14.8 Å². The highest BCUT2D eigenvalue weighted by Gasteiger charge is 2.49. The molecule has 3 rings (SSSR count). The zero-order valence-electron chi connectivity index (χ0n) is 12.7. The molecule has 1 atom stereocenters. The number of methoxy groups -OCH3 is 1. The summed E-state index contributed by atoms with van der Waals surface area (Å²) < 4.78 is 11.7. The first-order chi connectivity index (χ1) is 9.65. The molecule has 1 spiro atoms. The quantitative estimate of drug-likeness (QED) is 0.909. The van der Waals surface area contributed by atoms with E-state index in [1.54, 1.807) is 7.11 Å². The van der Waals surface area contributed by atoms with Crippen LogP contribution in [0.15, 0.2) is 18.2 Å². The SMILES string of the molecule is CCCNC1CC2(CC(C)C2)Oc2ccc(OC)cc21. The van der Waals surface area contributed by atoms with E-state index in [9.17, 15) is 0 Å². The summed E-state index contributed by atoms with van der Waals surface area (Å²) in [5.41, 5.74) is 1.33. The Kier molecular flexibility index (Phi) is 3.63. The summed E-state index contributed by atoms with van der Waals surface area (Å²) >= 11 is 0. The summed E-state index contributed by atoms with van der Waals surface area (Å²) in [4.78, 5) is 0. The minimum absolute atomic E-state index is 0.0758. The maximum absolute atomic E-state index is 6.34. The van der Waals surface area contributed by atoms with Crippen molar-refractivity contribution in [2.75, 3.05) is 13.7 Å². The van der Waals surface area contributed by atoms with Crippen LogP contribution in [-0.4, -0.2) is 19.3 Å². The lowest BCUT2D eigenvalue weighted by molar-refractivity contribution is -0.0690. The molecule has 1 aliphatic heterocycles. The summed E-state index contributed by atoms with van der Waals surface area (Å²) in [6, 6.07) is 6.58. The first kappa shape index (κ1) is 13.7. The number of rotatable bonds is 4. The van der Waals surface area contributed by atoms with Crippen molar-refractivity contribution in [1.82, 2.24) is 5.32 Å². The van der Waals surface area contributed by atoms with E-state index in [0.717, 1.165) is 36.8 Å². The third kappa shape index (κ3) is 2.39. The van der Waals surface area contributed by atoms with Gasteiger partial charge in [-0.3, -0.25) is 0 Å². The van der Waals surface area contributed by atoms with Crippen LogP contribution in [0.2, 0.25) is 0 Å². The molecule has 1 aliphatic carbocycles. The molecule has 0 radical (unpaired) electrons. The molecule has 0 bridgehead atoms. The minimum Gasteiger partial charge on any atom is -0.497 e. The number of ether oxygens (including phenoxy) is 2. The molecule has 1 N–H and O–H groups in total. The predicted octanol–water partition coefficient (Wildman–Crippen LogP) is 3.69. The summed E-state index contributed by atoms with van der Waals surface area (Å²) in [5, 5.41) is 3.68. The van der Waals surface area contributed by atoms with E-state index in [2.05, 4.69) is 31.3 Å². The lowest BCUT2D eigenvalue weighted by Gasteiger charge is -2.51. The number of nitrogens with one attached hydrogen (secondary N) is 1. The molecule has 1 aromatic carbocycles. The average Bonchev–Trinajstić information content (AvgIpc) is 2.43. The highest BCUT2D eigenvalue weighted by atomic mass is 16.5. The Bertz CT molecular complexity index is 480. The second kappa shape index (κ2) is 5.28. The van der Waals surface area contributed by atoms with Gasteiger partial charge in [-0.1, -0.05) is 13.8 Å². The van der Waals surface area contributed by atoms with E-state index in [0.29, 0.717) is 6.04 Å². The van der Waals surface area contributed by atoms with Crippen LogP contribution in [0.25, 0.3) is 0 Å². The molecular weight excluding hydrogens is 250 g/mol. The first-order valence-corrected chi connectivity index (χ1v) is 7.76. The van der Waals surface area contributed by atoms with E-state index in [1.165, 1.54) is 18.4 Å². The van der Waals surface area contributed by atoms with Gasteiger partial charge in [0.1, 0.15) is 17.1 Å². The van der Waals surface area contributed by atoms with Crippen molar-refractivity contribution in [2.45, 2.75) is 51.2 Å². The van der Waals surface area contributed by atoms with E-state index in [4.69, 9.17) is 9.47 Å². The molecule has 110 valence electrons. The molecule has 1 heterocycles. The number of hydrogen-bond donors (Lipinski definition) is 1. The molecule has 1 saturated carbocycles. The van der Waals surface area contributed by atoms with E-state index in [1.807, 2.05) is 6.07 Å². The number of fused-ring (bicyclic) bond motifs is 1. The highest BCUT2D eigenvalue weighted by Crippen LogP contribution is 2.51. The van der Waals surface area contributed by atoms with Crippen molar-refractivity contribution < 1.29 is 9.47 Å². The third-order valence-corrected chi connectivity index (χ3v) is 4.58. The number of benzene rings is 1. The maximum atomic E-state index is 6.34. The molecule has 0 aromatic heterocycles. The van der Waals surface area contributed by atoms with Crippen molar-refractivity contribution in [1.29, 1.82) is 0 Å². The molecule has 0 amide bonds. The zero-order chi connectivity index (χ0) is 14.2. The maximum Gasteiger partial charge on any atom is 0.125 e. The second-order valence-corrected chi connectivity index (χ2v) is 6.41. The Labute approximate surface area is 121 Å². The van der Waals surface area contributed by atoms with E-state index in [-0.39, 0.29) is 5.60 Å². The highest BCUT2D eigenvalue weighted by molar-refractivity contribution is 5.44. The summed E-state index contributed by atoms with van der Waals surface area (Å²) in [5.74, 6) is 2.74. The standard InChI is InChI=1S/C17H25NO2/c1-4-7-18-15-11-17(9-12(2)10-17)20-16-6-5-13(19-3)8-14(15)16/h5-6,8,12,15,18H,4,7,9-11H2,1-3H3. The predicted molar refractivity (Wildman–Crippen MR) is 80.4 cm³/mol. The van der Waals surface area contributed by atoms with E-state index < -0.39 is 0 Å². The summed E-state index contributed by atoms with van der Waals surface area (Å²) in [6.45, 7) is 5.57. The van der Waals surface area contributed by atoms with E-state index >= 15 is 0 Å². The fourth-order valence-electron chi connectivity index (χ4n) is 3.74. The summed E-state index contributed by atoms with van der Waals surface area (Å²) in [7, 11) is 1.72. The summed E-state index contributed by atoms with van der Waals surface area (Å²) in [6.07, 6.45) is 4.60. The fourth-order valence-corrected chi connectivity index (χ4v) is 3.74. The monoisotopic (exact) mass is 275 g/mol. The molecule has 3 nitrogen and oxygen atoms in total. The van der Waals surface area contributed by atoms with Crippen molar-refractivity contribution in [2.24, 2.45) is 5.92 Å². The van der Waals surface area contributed by atoms with Crippen molar-refractivity contribution in [3.05, 3.63) is 23.8 Å². The van der Waals surface area contributed by atoms with Crippen molar-refractivity contribution in [3.63, 3.8) is 0 Å².